The first kappa shape index (κ1) is 27.4. The molecule has 4 aliphatic rings. The largest absolute Gasteiger partial charge is 0.454 e. The first-order chi connectivity index (χ1) is 23.7. The Balaban J connectivity index is 1.35. The van der Waals surface area contributed by atoms with E-state index in [9.17, 15) is 0 Å². The second-order valence-corrected chi connectivity index (χ2v) is 17.8. The van der Waals surface area contributed by atoms with Gasteiger partial charge in [0.1, 0.15) is 5.58 Å². The molecule has 0 spiro atoms. The molecule has 3 nitrogen and oxygen atoms in total. The second-order valence-electron chi connectivity index (χ2n) is 16.8. The van der Waals surface area contributed by atoms with E-state index in [1.165, 1.54) is 107 Å². The fourth-order valence-corrected chi connectivity index (χ4v) is 12.1. The summed E-state index contributed by atoms with van der Waals surface area (Å²) >= 11 is 1.96. The van der Waals surface area contributed by atoms with Crippen LogP contribution in [0.3, 0.4) is 0 Å². The van der Waals surface area contributed by atoms with Gasteiger partial charge in [0.15, 0.2) is 5.58 Å². The topological polar surface area (TPSA) is 21.3 Å². The van der Waals surface area contributed by atoms with Crippen LogP contribution in [0.1, 0.15) is 71.4 Å². The summed E-state index contributed by atoms with van der Waals surface area (Å²) in [5, 5.41) is 6.58. The Morgan fingerprint density at radius 1 is 0.776 bits per heavy atom. The monoisotopic (exact) mass is 652 g/mol. The van der Waals surface area contributed by atoms with Crippen molar-refractivity contribution in [3.8, 4) is 11.1 Å². The lowest BCUT2D eigenvalue weighted by Gasteiger charge is -2.52. The molecule has 1 saturated carbocycles. The number of thiophene rings is 1. The molecule has 1 fully saturated rings. The molecule has 0 bridgehead atoms. The lowest BCUT2D eigenvalue weighted by molar-refractivity contribution is 0.195. The van der Waals surface area contributed by atoms with Crippen LogP contribution in [-0.4, -0.2) is 16.9 Å². The zero-order chi connectivity index (χ0) is 32.8. The molecule has 12 rings (SSSR count). The number of fused-ring (bicyclic) bond motifs is 16. The number of anilines is 2. The van der Waals surface area contributed by atoms with Crippen molar-refractivity contribution in [2.45, 2.75) is 76.7 Å². The van der Waals surface area contributed by atoms with Crippen LogP contribution in [0.2, 0.25) is 0 Å². The van der Waals surface area contributed by atoms with Crippen molar-refractivity contribution in [2.75, 3.05) is 4.90 Å². The van der Waals surface area contributed by atoms with E-state index in [-0.39, 0.29) is 23.2 Å². The Bertz CT molecular complexity index is 2830. The summed E-state index contributed by atoms with van der Waals surface area (Å²) in [5.74, 6) is 0. The molecule has 6 heterocycles. The van der Waals surface area contributed by atoms with Gasteiger partial charge in [0, 0.05) is 53.8 Å². The molecule has 238 valence electrons. The minimum atomic E-state index is -0.0687. The van der Waals surface area contributed by atoms with Crippen LogP contribution in [0, 0.1) is 0 Å². The third kappa shape index (κ3) is 2.95. The van der Waals surface area contributed by atoms with Crippen LogP contribution in [0.25, 0.3) is 64.3 Å². The Hall–Kier alpha value is -4.48. The Labute approximate surface area is 290 Å². The van der Waals surface area contributed by atoms with Gasteiger partial charge in [-0.3, -0.25) is 0 Å². The molecule has 5 aromatic carbocycles. The molecule has 0 radical (unpaired) electrons. The van der Waals surface area contributed by atoms with Crippen LogP contribution in [-0.2, 0) is 10.8 Å². The molecule has 0 saturated heterocycles. The van der Waals surface area contributed by atoms with Crippen molar-refractivity contribution < 1.29 is 4.42 Å². The molecule has 3 aliphatic heterocycles. The Kier molecular flexibility index (Phi) is 4.72. The van der Waals surface area contributed by atoms with E-state index in [1.54, 1.807) is 5.56 Å². The third-order valence-electron chi connectivity index (χ3n) is 13.5. The van der Waals surface area contributed by atoms with Crippen molar-refractivity contribution in [2.24, 2.45) is 0 Å². The van der Waals surface area contributed by atoms with Crippen molar-refractivity contribution >= 4 is 93.6 Å². The Morgan fingerprint density at radius 2 is 1.55 bits per heavy atom. The number of para-hydroxylation sites is 2. The first-order valence-corrected chi connectivity index (χ1v) is 18.9. The minimum Gasteiger partial charge on any atom is -0.454 e. The number of rotatable bonds is 0. The molecule has 5 heteroatoms. The van der Waals surface area contributed by atoms with Gasteiger partial charge in [0.25, 0.3) is 0 Å². The summed E-state index contributed by atoms with van der Waals surface area (Å²) < 4.78 is 11.2. The van der Waals surface area contributed by atoms with E-state index in [0.29, 0.717) is 0 Å². The van der Waals surface area contributed by atoms with Gasteiger partial charge in [-0.05, 0) is 71.0 Å². The number of hydrogen-bond donors (Lipinski definition) is 0. The van der Waals surface area contributed by atoms with Gasteiger partial charge in [-0.15, -0.1) is 11.3 Å². The van der Waals surface area contributed by atoms with Crippen LogP contribution in [0.15, 0.2) is 89.3 Å². The average molecular weight is 653 g/mol. The van der Waals surface area contributed by atoms with E-state index < -0.39 is 0 Å². The predicted molar refractivity (Wildman–Crippen MR) is 209 cm³/mol. The highest BCUT2D eigenvalue weighted by atomic mass is 32.1. The molecular formula is C44H37BN2OS. The maximum Gasteiger partial charge on any atom is 0.333 e. The molecule has 2 atom stereocenters. The second kappa shape index (κ2) is 8.45. The summed E-state index contributed by atoms with van der Waals surface area (Å²) in [6, 6.07) is 32.4. The third-order valence-corrected chi connectivity index (χ3v) is 14.6. The zero-order valence-electron chi connectivity index (χ0n) is 28.7. The number of hydrogen-bond acceptors (Lipinski definition) is 3. The molecular weight excluding hydrogens is 615 g/mol. The highest BCUT2D eigenvalue weighted by Gasteiger charge is 2.62. The number of furan rings is 1. The highest BCUT2D eigenvalue weighted by Crippen LogP contribution is 2.63. The van der Waals surface area contributed by atoms with Crippen LogP contribution in [0.4, 0.5) is 11.4 Å². The van der Waals surface area contributed by atoms with Crippen molar-refractivity contribution in [3.63, 3.8) is 0 Å². The molecule has 0 amide bonds. The number of benzene rings is 5. The Morgan fingerprint density at radius 3 is 2.41 bits per heavy atom. The number of aromatic nitrogens is 1. The van der Waals surface area contributed by atoms with Crippen molar-refractivity contribution in [3.05, 3.63) is 96.1 Å². The molecule has 2 unspecified atom stereocenters. The first-order valence-electron chi connectivity index (χ1n) is 18.1. The summed E-state index contributed by atoms with van der Waals surface area (Å²) in [6.45, 7) is 12.4. The molecule has 49 heavy (non-hydrogen) atoms. The predicted octanol–water partition coefficient (Wildman–Crippen LogP) is 10.9. The average Bonchev–Trinajstić information content (AvgIpc) is 3.80. The van der Waals surface area contributed by atoms with Crippen molar-refractivity contribution in [1.29, 1.82) is 0 Å². The van der Waals surface area contributed by atoms with E-state index in [0.717, 1.165) is 11.2 Å². The zero-order valence-corrected chi connectivity index (χ0v) is 29.5. The van der Waals surface area contributed by atoms with E-state index >= 15 is 0 Å². The summed E-state index contributed by atoms with van der Waals surface area (Å²) in [5.41, 5.74) is 14.7. The fraction of sp³-hybridized carbons (Fsp3) is 0.273. The van der Waals surface area contributed by atoms with Crippen LogP contribution in [0.5, 0.6) is 0 Å². The normalized spacial score (nSPS) is 22.1. The van der Waals surface area contributed by atoms with Gasteiger partial charge in [0.05, 0.1) is 16.1 Å². The van der Waals surface area contributed by atoms with Gasteiger partial charge in [-0.1, -0.05) is 107 Å². The lowest BCUT2D eigenvalue weighted by atomic mass is 9.44. The van der Waals surface area contributed by atoms with Gasteiger partial charge >= 0.3 is 6.85 Å². The summed E-state index contributed by atoms with van der Waals surface area (Å²) in [6.07, 6.45) is 4.90. The van der Waals surface area contributed by atoms with Crippen molar-refractivity contribution in [1.82, 2.24) is 4.48 Å². The van der Waals surface area contributed by atoms with Crippen LogP contribution < -0.4 is 15.8 Å². The van der Waals surface area contributed by atoms with E-state index in [2.05, 4.69) is 129 Å². The SMILES string of the molecule is CC(C)(C)c1cc2c3c(c1)C1(C)CCCCC1(C)N3c1c3c(cc4c1oc1ccccc14)-c1cccc4c5c6ccccc6sc5n(c14)B23. The summed E-state index contributed by atoms with van der Waals surface area (Å²) in [7, 11) is 0. The van der Waals surface area contributed by atoms with Gasteiger partial charge in [-0.2, -0.15) is 0 Å². The smallest absolute Gasteiger partial charge is 0.333 e. The summed E-state index contributed by atoms with van der Waals surface area (Å²) in [4.78, 5) is 4.21. The van der Waals surface area contributed by atoms with E-state index in [1.807, 2.05) is 11.3 Å². The lowest BCUT2D eigenvalue weighted by Crippen LogP contribution is -2.62. The molecule has 3 aromatic heterocycles. The van der Waals surface area contributed by atoms with Gasteiger partial charge in [0.2, 0.25) is 0 Å². The van der Waals surface area contributed by atoms with E-state index in [4.69, 9.17) is 4.42 Å². The molecule has 1 aliphatic carbocycles. The maximum atomic E-state index is 7.06. The molecule has 8 aromatic rings. The van der Waals surface area contributed by atoms with Gasteiger partial charge in [-0.25, -0.2) is 0 Å². The van der Waals surface area contributed by atoms with Crippen LogP contribution >= 0.6 is 11.3 Å². The minimum absolute atomic E-state index is 0.0247. The molecule has 0 N–H and O–H groups in total. The van der Waals surface area contributed by atoms with Gasteiger partial charge < -0.3 is 13.8 Å². The fourth-order valence-electron chi connectivity index (χ4n) is 10.9. The number of nitrogens with zero attached hydrogens (tertiary/aromatic N) is 2. The quantitative estimate of drug-likeness (QED) is 0.152. The standard InChI is InChI=1S/C44H37BN2OS/c1-42(2,3)24-21-31-38-32(22-24)45-36-29(26-15-12-16-28-35-27-14-7-9-18-34(27)49-41(35)47(45)37(26)28)23-30-25-13-6-8-17-33(25)48-40(30)39(36)46(38)44(5)20-11-10-19-43(31,44)4/h6-9,12-18,21-23H,10-11,19-20H2,1-5H3. The maximum absolute atomic E-state index is 7.06. The highest BCUT2D eigenvalue weighted by molar-refractivity contribution is 7.26.